The lowest BCUT2D eigenvalue weighted by Crippen LogP contribution is -1.92. The standard InChI is InChI=1S/C13H7Br2FN2/c14-9-3-8(7-17)4-11(5-9)18-10-1-2-13(16)12(15)6-10/h1-6,18H. The summed E-state index contributed by atoms with van der Waals surface area (Å²) in [5, 5.41) is 12.0. The van der Waals surface area contributed by atoms with E-state index in [9.17, 15) is 4.39 Å². The van der Waals surface area contributed by atoms with E-state index in [0.717, 1.165) is 15.8 Å². The Hall–Kier alpha value is -1.38. The van der Waals surface area contributed by atoms with Gasteiger partial charge in [0, 0.05) is 15.8 Å². The number of hydrogen-bond donors (Lipinski definition) is 1. The topological polar surface area (TPSA) is 35.8 Å². The lowest BCUT2D eigenvalue weighted by atomic mass is 10.2. The highest BCUT2D eigenvalue weighted by atomic mass is 79.9. The van der Waals surface area contributed by atoms with E-state index in [4.69, 9.17) is 5.26 Å². The summed E-state index contributed by atoms with van der Waals surface area (Å²) in [5.74, 6) is -0.312. The van der Waals surface area contributed by atoms with Gasteiger partial charge in [-0.25, -0.2) is 4.39 Å². The van der Waals surface area contributed by atoms with Gasteiger partial charge >= 0.3 is 0 Å². The zero-order valence-electron chi connectivity index (χ0n) is 9.05. The average Bonchev–Trinajstić information content (AvgIpc) is 2.33. The number of rotatable bonds is 2. The molecular weight excluding hydrogens is 363 g/mol. The first kappa shape index (κ1) is 13.1. The van der Waals surface area contributed by atoms with Gasteiger partial charge in [-0.2, -0.15) is 5.26 Å². The number of hydrogen-bond acceptors (Lipinski definition) is 2. The maximum absolute atomic E-state index is 13.1. The second-order valence-corrected chi connectivity index (χ2v) is 5.36. The molecule has 0 aliphatic carbocycles. The van der Waals surface area contributed by atoms with Crippen molar-refractivity contribution in [3.8, 4) is 6.07 Å². The van der Waals surface area contributed by atoms with Gasteiger partial charge in [0.25, 0.3) is 0 Å². The minimum absolute atomic E-state index is 0.312. The predicted molar refractivity (Wildman–Crippen MR) is 76.2 cm³/mol. The quantitative estimate of drug-likeness (QED) is 0.811. The normalized spacial score (nSPS) is 9.89. The van der Waals surface area contributed by atoms with Crippen LogP contribution in [0.25, 0.3) is 0 Å². The van der Waals surface area contributed by atoms with E-state index in [1.54, 1.807) is 24.3 Å². The molecule has 90 valence electrons. The molecular formula is C13H7Br2FN2. The van der Waals surface area contributed by atoms with Crippen LogP contribution in [0.2, 0.25) is 0 Å². The minimum atomic E-state index is -0.312. The maximum Gasteiger partial charge on any atom is 0.137 e. The summed E-state index contributed by atoms with van der Waals surface area (Å²) in [4.78, 5) is 0. The molecule has 2 aromatic rings. The van der Waals surface area contributed by atoms with E-state index in [1.807, 2.05) is 6.07 Å². The van der Waals surface area contributed by atoms with Gasteiger partial charge in [0.15, 0.2) is 0 Å². The van der Waals surface area contributed by atoms with Crippen LogP contribution in [0, 0.1) is 17.1 Å². The van der Waals surface area contributed by atoms with E-state index in [0.29, 0.717) is 10.0 Å². The van der Waals surface area contributed by atoms with Crippen molar-refractivity contribution in [1.29, 1.82) is 5.26 Å². The molecule has 0 amide bonds. The maximum atomic E-state index is 13.1. The smallest absolute Gasteiger partial charge is 0.137 e. The fraction of sp³-hybridized carbons (Fsp3) is 0. The summed E-state index contributed by atoms with van der Waals surface area (Å²) in [5.41, 5.74) is 2.05. The third kappa shape index (κ3) is 3.09. The van der Waals surface area contributed by atoms with Gasteiger partial charge < -0.3 is 5.32 Å². The summed E-state index contributed by atoms with van der Waals surface area (Å²) in [6.07, 6.45) is 0. The molecule has 18 heavy (non-hydrogen) atoms. The Bertz CT molecular complexity index is 635. The zero-order valence-corrected chi connectivity index (χ0v) is 12.2. The van der Waals surface area contributed by atoms with Crippen LogP contribution in [0.3, 0.4) is 0 Å². The van der Waals surface area contributed by atoms with Crippen LogP contribution < -0.4 is 5.32 Å². The molecule has 0 fully saturated rings. The summed E-state index contributed by atoms with van der Waals surface area (Å²) < 4.78 is 14.3. The van der Waals surface area contributed by atoms with E-state index in [1.165, 1.54) is 6.07 Å². The molecule has 0 bridgehead atoms. The molecule has 2 nitrogen and oxygen atoms in total. The number of anilines is 2. The summed E-state index contributed by atoms with van der Waals surface area (Å²) in [6, 6.07) is 12.0. The van der Waals surface area contributed by atoms with Crippen LogP contribution in [0.5, 0.6) is 0 Å². The van der Waals surface area contributed by atoms with Gasteiger partial charge in [0.1, 0.15) is 5.82 Å². The monoisotopic (exact) mass is 368 g/mol. The average molecular weight is 370 g/mol. The van der Waals surface area contributed by atoms with Crippen molar-refractivity contribution in [2.24, 2.45) is 0 Å². The lowest BCUT2D eigenvalue weighted by molar-refractivity contribution is 0.621. The predicted octanol–water partition coefficient (Wildman–Crippen LogP) is 4.97. The highest BCUT2D eigenvalue weighted by molar-refractivity contribution is 9.10. The molecule has 0 aromatic heterocycles. The van der Waals surface area contributed by atoms with Gasteiger partial charge in [0.2, 0.25) is 0 Å². The number of nitriles is 1. The fourth-order valence-electron chi connectivity index (χ4n) is 1.47. The Morgan fingerprint density at radius 3 is 2.50 bits per heavy atom. The molecule has 2 aromatic carbocycles. The first-order valence-electron chi connectivity index (χ1n) is 5.01. The third-order valence-corrected chi connectivity index (χ3v) is 3.30. The van der Waals surface area contributed by atoms with Crippen molar-refractivity contribution in [2.45, 2.75) is 0 Å². The Morgan fingerprint density at radius 1 is 1.06 bits per heavy atom. The third-order valence-electron chi connectivity index (χ3n) is 2.24. The molecule has 0 heterocycles. The first-order valence-corrected chi connectivity index (χ1v) is 6.60. The van der Waals surface area contributed by atoms with Crippen LogP contribution in [0.4, 0.5) is 15.8 Å². The van der Waals surface area contributed by atoms with Crippen molar-refractivity contribution in [3.05, 3.63) is 56.7 Å². The number of nitrogens with zero attached hydrogens (tertiary/aromatic N) is 1. The molecule has 0 saturated heterocycles. The van der Waals surface area contributed by atoms with Crippen LogP contribution >= 0.6 is 31.9 Å². The molecule has 0 aliphatic rings. The highest BCUT2D eigenvalue weighted by Gasteiger charge is 2.03. The van der Waals surface area contributed by atoms with Crippen LogP contribution in [0.1, 0.15) is 5.56 Å². The first-order chi connectivity index (χ1) is 8.58. The number of halogens is 3. The summed E-state index contributed by atoms with van der Waals surface area (Å²) >= 11 is 6.46. The van der Waals surface area contributed by atoms with Gasteiger partial charge in [-0.3, -0.25) is 0 Å². The Morgan fingerprint density at radius 2 is 1.83 bits per heavy atom. The second kappa shape index (κ2) is 5.51. The van der Waals surface area contributed by atoms with Crippen LogP contribution in [-0.2, 0) is 0 Å². The minimum Gasteiger partial charge on any atom is -0.355 e. The van der Waals surface area contributed by atoms with Gasteiger partial charge in [-0.15, -0.1) is 0 Å². The number of benzene rings is 2. The van der Waals surface area contributed by atoms with Gasteiger partial charge in [-0.05, 0) is 52.3 Å². The van der Waals surface area contributed by atoms with E-state index >= 15 is 0 Å². The molecule has 5 heteroatoms. The largest absolute Gasteiger partial charge is 0.355 e. The molecule has 0 spiro atoms. The van der Waals surface area contributed by atoms with E-state index < -0.39 is 0 Å². The van der Waals surface area contributed by atoms with Crippen molar-refractivity contribution in [2.75, 3.05) is 5.32 Å². The highest BCUT2D eigenvalue weighted by Crippen LogP contribution is 2.25. The molecule has 0 unspecified atom stereocenters. The second-order valence-electron chi connectivity index (χ2n) is 3.59. The van der Waals surface area contributed by atoms with Crippen LogP contribution in [0.15, 0.2) is 45.3 Å². The van der Waals surface area contributed by atoms with Gasteiger partial charge in [-0.1, -0.05) is 15.9 Å². The van der Waals surface area contributed by atoms with Crippen molar-refractivity contribution in [1.82, 2.24) is 0 Å². The van der Waals surface area contributed by atoms with Crippen molar-refractivity contribution >= 4 is 43.2 Å². The Labute approximate surface area is 121 Å². The van der Waals surface area contributed by atoms with Crippen LogP contribution in [-0.4, -0.2) is 0 Å². The van der Waals surface area contributed by atoms with E-state index in [2.05, 4.69) is 43.2 Å². The molecule has 1 N–H and O–H groups in total. The fourth-order valence-corrected chi connectivity index (χ4v) is 2.34. The molecule has 0 saturated carbocycles. The van der Waals surface area contributed by atoms with Gasteiger partial charge in [0.05, 0.1) is 16.1 Å². The van der Waals surface area contributed by atoms with Crippen molar-refractivity contribution in [3.63, 3.8) is 0 Å². The Balaban J connectivity index is 2.31. The summed E-state index contributed by atoms with van der Waals surface area (Å²) in [7, 11) is 0. The lowest BCUT2D eigenvalue weighted by Gasteiger charge is -2.08. The summed E-state index contributed by atoms with van der Waals surface area (Å²) in [6.45, 7) is 0. The van der Waals surface area contributed by atoms with Crippen molar-refractivity contribution < 1.29 is 4.39 Å². The Kier molecular flexibility index (Phi) is 4.00. The molecule has 0 atom stereocenters. The SMILES string of the molecule is N#Cc1cc(Br)cc(Nc2ccc(F)c(Br)c2)c1. The van der Waals surface area contributed by atoms with E-state index in [-0.39, 0.29) is 5.82 Å². The molecule has 2 rings (SSSR count). The number of nitrogens with one attached hydrogen (secondary N) is 1. The zero-order chi connectivity index (χ0) is 13.1. The molecule has 0 radical (unpaired) electrons. The molecule has 0 aliphatic heterocycles.